The highest BCUT2D eigenvalue weighted by molar-refractivity contribution is 8.02. The summed E-state index contributed by atoms with van der Waals surface area (Å²) in [6, 6.07) is 29.0. The van der Waals surface area contributed by atoms with Gasteiger partial charge in [0, 0.05) is 71.7 Å². The Bertz CT molecular complexity index is 2960. The molecule has 0 bridgehead atoms. The highest BCUT2D eigenvalue weighted by Gasteiger charge is 2.50. The molecule has 11 heteroatoms. The van der Waals surface area contributed by atoms with Crippen molar-refractivity contribution < 1.29 is 4.32 Å². The maximum Gasteiger partial charge on any atom is 0.593 e. The molecule has 0 amide bonds. The fourth-order valence-electron chi connectivity index (χ4n) is 9.62. The standard InChI is InChI=1S/C50H40BFN2S7/c1-30-13-15-32(16-14-30)48-35-28-33(38-18-17-37(58-38)31-8-3-2-4-9-31)49(46-23-21-44(60-46)41-11-6-26-56-41)53(35)51(52)54-36(48)29-34(39-19-20-43(59-39)40-10-5-25-55-40)50(54)47-24-22-45(61-47)42-12-7-27-57-42/h2-3,5-8,10,12-13,17-29,32,41,49H,4,9,11,14-16H2,1H3. The van der Waals surface area contributed by atoms with Crippen LogP contribution in [0.3, 0.4) is 0 Å². The van der Waals surface area contributed by atoms with Gasteiger partial charge in [-0.25, -0.2) is 0 Å². The molecule has 0 spiro atoms. The Morgan fingerprint density at radius 1 is 0.721 bits per heavy atom. The molecule has 10 heterocycles. The van der Waals surface area contributed by atoms with Crippen LogP contribution in [0.4, 0.5) is 4.32 Å². The van der Waals surface area contributed by atoms with E-state index in [4.69, 9.17) is 0 Å². The van der Waals surface area contributed by atoms with Crippen LogP contribution < -0.4 is 0 Å². The molecule has 3 aliphatic heterocycles. The molecular weight excluding hydrogens is 883 g/mol. The summed E-state index contributed by atoms with van der Waals surface area (Å²) in [5.41, 5.74) is 9.55. The zero-order chi connectivity index (χ0) is 40.6. The summed E-state index contributed by atoms with van der Waals surface area (Å²) >= 11 is 12.8. The van der Waals surface area contributed by atoms with Crippen LogP contribution in [0.2, 0.25) is 0 Å². The van der Waals surface area contributed by atoms with Crippen molar-refractivity contribution in [3.8, 4) is 40.5 Å². The third-order valence-corrected chi connectivity index (χ3v) is 20.7. The Morgan fingerprint density at radius 3 is 2.18 bits per heavy atom. The number of nitrogens with zero attached hydrogens (tertiary/aromatic N) is 2. The Hall–Kier alpha value is -3.94. The highest BCUT2D eigenvalue weighted by atomic mass is 32.2. The Kier molecular flexibility index (Phi) is 10.2. The van der Waals surface area contributed by atoms with Crippen molar-refractivity contribution in [1.82, 2.24) is 9.29 Å². The first-order chi connectivity index (χ1) is 30.1. The van der Waals surface area contributed by atoms with Crippen LogP contribution in [0.15, 0.2) is 143 Å². The minimum atomic E-state index is -1.42. The third kappa shape index (κ3) is 6.82. The number of thioether (sulfide) groups is 1. The first kappa shape index (κ1) is 38.7. The van der Waals surface area contributed by atoms with E-state index in [0.29, 0.717) is 5.25 Å². The molecule has 7 aromatic rings. The topological polar surface area (TPSA) is 8.17 Å². The van der Waals surface area contributed by atoms with Crippen LogP contribution in [0, 0.1) is 5.92 Å². The van der Waals surface area contributed by atoms with Crippen LogP contribution in [0.1, 0.15) is 81.9 Å². The van der Waals surface area contributed by atoms with E-state index >= 15 is 4.32 Å². The normalized spacial score (nSPS) is 21.0. The summed E-state index contributed by atoms with van der Waals surface area (Å²) in [6.07, 6.45) is 20.1. The van der Waals surface area contributed by atoms with Crippen molar-refractivity contribution in [2.45, 2.75) is 56.7 Å². The zero-order valence-electron chi connectivity index (χ0n) is 33.4. The van der Waals surface area contributed by atoms with Gasteiger partial charge in [-0.2, -0.15) is 0 Å². The monoisotopic (exact) mass is 922 g/mol. The predicted octanol–water partition coefficient (Wildman–Crippen LogP) is 17.4. The molecule has 2 aliphatic carbocycles. The van der Waals surface area contributed by atoms with E-state index in [1.807, 2.05) is 45.8 Å². The molecule has 61 heavy (non-hydrogen) atoms. The van der Waals surface area contributed by atoms with Gasteiger partial charge < -0.3 is 9.29 Å². The molecule has 7 aromatic heterocycles. The van der Waals surface area contributed by atoms with Crippen molar-refractivity contribution in [3.63, 3.8) is 0 Å². The van der Waals surface area contributed by atoms with Gasteiger partial charge >= 0.3 is 7.26 Å². The Morgan fingerprint density at radius 2 is 1.46 bits per heavy atom. The number of hydrogen-bond acceptors (Lipinski definition) is 8. The summed E-state index contributed by atoms with van der Waals surface area (Å²) in [6.45, 7) is 2.27. The number of hydrogen-bond donors (Lipinski definition) is 0. The summed E-state index contributed by atoms with van der Waals surface area (Å²) in [5.74, 6) is 0.271. The molecule has 0 radical (unpaired) electrons. The molecule has 2 nitrogen and oxygen atoms in total. The molecule has 3 atom stereocenters. The van der Waals surface area contributed by atoms with E-state index < -0.39 is 7.26 Å². The van der Waals surface area contributed by atoms with E-state index in [9.17, 15) is 0 Å². The second kappa shape index (κ2) is 16.0. The largest absolute Gasteiger partial charge is 0.593 e. The maximum absolute atomic E-state index is 18.9. The number of allylic oxidation sites excluding steroid dienone is 9. The van der Waals surface area contributed by atoms with Gasteiger partial charge in [0.25, 0.3) is 0 Å². The summed E-state index contributed by atoms with van der Waals surface area (Å²) in [5, 5.41) is 6.95. The van der Waals surface area contributed by atoms with Crippen LogP contribution in [0.25, 0.3) is 57.2 Å². The fourth-order valence-corrected chi connectivity index (χ4v) is 16.8. The second-order valence-corrected chi connectivity index (χ2v) is 23.7. The minimum Gasteiger partial charge on any atom is -0.354 e. The minimum absolute atomic E-state index is 0.255. The lowest BCUT2D eigenvalue weighted by Gasteiger charge is -2.39. The van der Waals surface area contributed by atoms with Gasteiger partial charge in [-0.3, -0.25) is 4.32 Å². The van der Waals surface area contributed by atoms with Gasteiger partial charge in [-0.15, -0.1) is 79.8 Å². The average molecular weight is 923 g/mol. The predicted molar refractivity (Wildman–Crippen MR) is 270 cm³/mol. The van der Waals surface area contributed by atoms with Crippen molar-refractivity contribution >= 4 is 104 Å². The first-order valence-electron chi connectivity index (χ1n) is 21.0. The molecule has 0 fully saturated rings. The fraction of sp³-hybridized carbons (Fsp3) is 0.200. The first-order valence-corrected chi connectivity index (χ1v) is 27.0. The molecule has 0 N–H and O–H groups in total. The lowest BCUT2D eigenvalue weighted by Crippen LogP contribution is -2.45. The van der Waals surface area contributed by atoms with Crippen LogP contribution >= 0.6 is 79.8 Å². The Labute approximate surface area is 385 Å². The lowest BCUT2D eigenvalue weighted by molar-refractivity contribution is 0.442. The number of halogens is 1. The molecule has 12 rings (SSSR count). The van der Waals surface area contributed by atoms with Crippen LogP contribution in [0.5, 0.6) is 0 Å². The van der Waals surface area contributed by atoms with E-state index in [0.717, 1.165) is 66.1 Å². The van der Waals surface area contributed by atoms with Gasteiger partial charge in [0.15, 0.2) is 0 Å². The Balaban J connectivity index is 1.08. The van der Waals surface area contributed by atoms with E-state index in [1.54, 1.807) is 34.0 Å². The van der Waals surface area contributed by atoms with Gasteiger partial charge in [0.2, 0.25) is 0 Å². The van der Waals surface area contributed by atoms with Gasteiger partial charge in [0.05, 0.1) is 16.6 Å². The van der Waals surface area contributed by atoms with Crippen molar-refractivity contribution in [3.05, 3.63) is 168 Å². The lowest BCUT2D eigenvalue weighted by atomic mass is 9.79. The molecule has 5 aliphatic rings. The van der Waals surface area contributed by atoms with Crippen molar-refractivity contribution in [2.24, 2.45) is 5.92 Å². The third-order valence-electron chi connectivity index (χ3n) is 12.6. The summed E-state index contributed by atoms with van der Waals surface area (Å²) in [4.78, 5) is 14.6. The van der Waals surface area contributed by atoms with Crippen molar-refractivity contribution in [2.75, 3.05) is 0 Å². The number of fused-ring (bicyclic) bond motifs is 2. The number of thiophene rings is 6. The summed E-state index contributed by atoms with van der Waals surface area (Å²) in [7, 11) is -1.42. The van der Waals surface area contributed by atoms with Gasteiger partial charge in [0.1, 0.15) is 0 Å². The smallest absolute Gasteiger partial charge is 0.354 e. The second-order valence-electron chi connectivity index (χ2n) is 16.3. The number of rotatable bonds is 9. The summed E-state index contributed by atoms with van der Waals surface area (Å²) < 4.78 is 21.1. The molecule has 302 valence electrons. The van der Waals surface area contributed by atoms with E-state index in [1.165, 1.54) is 66.2 Å². The molecule has 0 aromatic carbocycles. The van der Waals surface area contributed by atoms with Crippen LogP contribution in [-0.4, -0.2) is 16.5 Å². The van der Waals surface area contributed by atoms with Crippen LogP contribution in [-0.2, 0) is 0 Å². The zero-order valence-corrected chi connectivity index (χ0v) is 39.1. The number of aromatic nitrogens is 1. The van der Waals surface area contributed by atoms with E-state index in [-0.39, 0.29) is 12.0 Å². The molecular formula is C50H40BFN2S7. The quantitative estimate of drug-likeness (QED) is 0.105. The molecule has 3 unspecified atom stereocenters. The highest BCUT2D eigenvalue weighted by Crippen LogP contribution is 2.57. The molecule has 0 saturated carbocycles. The maximum atomic E-state index is 18.9. The van der Waals surface area contributed by atoms with Crippen molar-refractivity contribution in [1.29, 1.82) is 0 Å². The SMILES string of the molecule is CC1=CCC(C2=C3C=C(c4ccc(C5=CC=CCC5)s4)C(c4ccc(C5CC=CS5)s4)N3B(F)n3c2cc(-c2ccc(-c4cccs4)s2)c3-c2ccc(-c3cccs3)s2)CC1. The van der Waals surface area contributed by atoms with E-state index in [2.05, 4.69) is 148 Å². The van der Waals surface area contributed by atoms with Gasteiger partial charge in [-0.05, 0) is 151 Å². The van der Waals surface area contributed by atoms with Gasteiger partial charge in [-0.1, -0.05) is 48.1 Å². The molecule has 0 saturated heterocycles. The average Bonchev–Trinajstić information content (AvgIpc) is 4.14.